The number of nitrogens with zero attached hydrogens (tertiary/aromatic N) is 3. The number of ether oxygens (including phenoxy) is 1. The molecule has 1 aromatic carbocycles. The molecule has 2 fully saturated rings. The van der Waals surface area contributed by atoms with Gasteiger partial charge in [-0.15, -0.1) is 0 Å². The van der Waals surface area contributed by atoms with Crippen molar-refractivity contribution in [1.82, 2.24) is 14.7 Å². The summed E-state index contributed by atoms with van der Waals surface area (Å²) in [5.74, 6) is -0.502. The number of nitrogens with two attached hydrogens (primary N) is 1. The lowest BCUT2D eigenvalue weighted by molar-refractivity contribution is 0.0299. The van der Waals surface area contributed by atoms with Crippen molar-refractivity contribution in [2.45, 2.75) is 57.6 Å². The topological polar surface area (TPSA) is 102 Å². The van der Waals surface area contributed by atoms with Crippen molar-refractivity contribution >= 4 is 23.5 Å². The summed E-state index contributed by atoms with van der Waals surface area (Å²) in [4.78, 5) is 26.4. The molecule has 2 atom stereocenters. The molecule has 32 heavy (non-hydrogen) atoms. The molecular weight excluding hydrogens is 413 g/mol. The standard InChI is InChI=1S/C23H30FN5O3/c1-15-13-28(23(31)32-18-5-3-2-4-6-18)12-11-20(15)29-14-19(21(25)30)22(27-29)26-17-9-7-16(24)8-10-17/h7-10,14-15,18,20H,2-6,11-13H2,1H3,(H2,25,30)(H,26,27)/t15-,20-/m1/s1. The quantitative estimate of drug-likeness (QED) is 0.720. The number of halogens is 1. The second-order valence-corrected chi connectivity index (χ2v) is 8.79. The van der Waals surface area contributed by atoms with Crippen LogP contribution in [0.2, 0.25) is 0 Å². The number of carbonyl (C=O) groups excluding carboxylic acids is 2. The molecule has 172 valence electrons. The highest BCUT2D eigenvalue weighted by Crippen LogP contribution is 2.31. The highest BCUT2D eigenvalue weighted by molar-refractivity contribution is 5.98. The predicted molar refractivity (Wildman–Crippen MR) is 118 cm³/mol. The van der Waals surface area contributed by atoms with Crippen LogP contribution in [0.15, 0.2) is 30.5 Å². The molecule has 2 aliphatic rings. The summed E-state index contributed by atoms with van der Waals surface area (Å²) in [6.07, 6.45) is 7.48. The number of hydrogen-bond acceptors (Lipinski definition) is 5. The fourth-order valence-corrected chi connectivity index (χ4v) is 4.60. The summed E-state index contributed by atoms with van der Waals surface area (Å²) in [5.41, 5.74) is 6.43. The Balaban J connectivity index is 1.43. The molecule has 1 saturated carbocycles. The highest BCUT2D eigenvalue weighted by Gasteiger charge is 2.33. The van der Waals surface area contributed by atoms with Crippen LogP contribution in [0.4, 0.5) is 20.7 Å². The second kappa shape index (κ2) is 9.58. The van der Waals surface area contributed by atoms with E-state index in [1.165, 1.54) is 18.6 Å². The molecule has 8 nitrogen and oxygen atoms in total. The molecule has 2 aromatic rings. The Bertz CT molecular complexity index is 955. The molecule has 0 spiro atoms. The smallest absolute Gasteiger partial charge is 0.410 e. The van der Waals surface area contributed by atoms with E-state index in [0.717, 1.165) is 25.7 Å². The van der Waals surface area contributed by atoms with Gasteiger partial charge in [0.15, 0.2) is 5.82 Å². The van der Waals surface area contributed by atoms with Gasteiger partial charge in [0.2, 0.25) is 0 Å². The fourth-order valence-electron chi connectivity index (χ4n) is 4.60. The van der Waals surface area contributed by atoms with Crippen LogP contribution in [0.5, 0.6) is 0 Å². The maximum absolute atomic E-state index is 13.2. The number of rotatable bonds is 5. The molecule has 1 aromatic heterocycles. The molecule has 0 unspecified atom stereocenters. The summed E-state index contributed by atoms with van der Waals surface area (Å²) in [6, 6.07) is 5.80. The average molecular weight is 444 g/mol. The van der Waals surface area contributed by atoms with Crippen molar-refractivity contribution in [2.24, 2.45) is 11.7 Å². The predicted octanol–water partition coefficient (Wildman–Crippen LogP) is 4.22. The number of amides is 2. The van der Waals surface area contributed by atoms with Crippen LogP contribution in [-0.4, -0.2) is 45.9 Å². The molecule has 2 heterocycles. The van der Waals surface area contributed by atoms with E-state index in [4.69, 9.17) is 10.5 Å². The van der Waals surface area contributed by atoms with Crippen LogP contribution in [0.1, 0.15) is 61.8 Å². The van der Waals surface area contributed by atoms with Gasteiger partial charge in [-0.2, -0.15) is 5.10 Å². The number of carbonyl (C=O) groups is 2. The Morgan fingerprint density at radius 1 is 1.16 bits per heavy atom. The molecule has 1 saturated heterocycles. The van der Waals surface area contributed by atoms with Gasteiger partial charge in [-0.3, -0.25) is 9.48 Å². The zero-order chi connectivity index (χ0) is 22.7. The number of primary amides is 1. The van der Waals surface area contributed by atoms with Crippen LogP contribution in [0.3, 0.4) is 0 Å². The normalized spacial score (nSPS) is 21.9. The minimum atomic E-state index is -0.595. The van der Waals surface area contributed by atoms with Gasteiger partial charge in [-0.05, 0) is 62.3 Å². The Labute approximate surface area is 186 Å². The molecule has 1 aliphatic carbocycles. The van der Waals surface area contributed by atoms with E-state index in [1.54, 1.807) is 27.9 Å². The van der Waals surface area contributed by atoms with Crippen molar-refractivity contribution in [3.8, 4) is 0 Å². The first-order valence-electron chi connectivity index (χ1n) is 11.3. The molecule has 1 aliphatic heterocycles. The fraction of sp³-hybridized carbons (Fsp3) is 0.522. The minimum Gasteiger partial charge on any atom is -0.446 e. The molecule has 0 radical (unpaired) electrons. The molecule has 3 N–H and O–H groups in total. The number of piperidine rings is 1. The Hall–Kier alpha value is -3.10. The van der Waals surface area contributed by atoms with Crippen molar-refractivity contribution in [3.63, 3.8) is 0 Å². The van der Waals surface area contributed by atoms with E-state index >= 15 is 0 Å². The maximum Gasteiger partial charge on any atom is 0.410 e. The first-order valence-corrected chi connectivity index (χ1v) is 11.3. The van der Waals surface area contributed by atoms with Crippen molar-refractivity contribution in [3.05, 3.63) is 41.8 Å². The van der Waals surface area contributed by atoms with Gasteiger partial charge in [-0.1, -0.05) is 13.3 Å². The summed E-state index contributed by atoms with van der Waals surface area (Å²) in [6.45, 7) is 3.18. The molecule has 2 amide bonds. The van der Waals surface area contributed by atoms with Gasteiger partial charge >= 0.3 is 6.09 Å². The van der Waals surface area contributed by atoms with E-state index in [0.29, 0.717) is 31.0 Å². The SMILES string of the molecule is C[C@@H]1CN(C(=O)OC2CCCCC2)CC[C@H]1n1cc(C(N)=O)c(Nc2ccc(F)cc2)n1. The number of hydrogen-bond donors (Lipinski definition) is 2. The van der Waals surface area contributed by atoms with Crippen molar-refractivity contribution in [1.29, 1.82) is 0 Å². The van der Waals surface area contributed by atoms with E-state index in [2.05, 4.69) is 17.3 Å². The Kier molecular flexibility index (Phi) is 6.62. The minimum absolute atomic E-state index is 0.00981. The summed E-state index contributed by atoms with van der Waals surface area (Å²) >= 11 is 0. The van der Waals surface area contributed by atoms with Gasteiger partial charge in [0.1, 0.15) is 17.5 Å². The van der Waals surface area contributed by atoms with Crippen LogP contribution in [0.25, 0.3) is 0 Å². The molecular formula is C23H30FN5O3. The van der Waals surface area contributed by atoms with Gasteiger partial charge in [-0.25, -0.2) is 9.18 Å². The van der Waals surface area contributed by atoms with E-state index in [-0.39, 0.29) is 35.5 Å². The summed E-state index contributed by atoms with van der Waals surface area (Å²) in [7, 11) is 0. The third kappa shape index (κ3) is 5.03. The van der Waals surface area contributed by atoms with Gasteiger partial charge in [0.25, 0.3) is 5.91 Å². The van der Waals surface area contributed by atoms with Gasteiger partial charge in [0.05, 0.1) is 6.04 Å². The third-order valence-electron chi connectivity index (χ3n) is 6.38. The number of anilines is 2. The van der Waals surface area contributed by atoms with E-state index in [1.807, 2.05) is 0 Å². The highest BCUT2D eigenvalue weighted by atomic mass is 19.1. The number of nitrogens with one attached hydrogen (secondary N) is 1. The number of benzene rings is 1. The van der Waals surface area contributed by atoms with Gasteiger partial charge < -0.3 is 20.7 Å². The maximum atomic E-state index is 13.2. The first kappa shape index (κ1) is 22.1. The molecule has 0 bridgehead atoms. The summed E-state index contributed by atoms with van der Waals surface area (Å²) < 4.78 is 20.7. The lowest BCUT2D eigenvalue weighted by Gasteiger charge is -2.37. The summed E-state index contributed by atoms with van der Waals surface area (Å²) in [5, 5.41) is 7.61. The lowest BCUT2D eigenvalue weighted by Crippen LogP contribution is -2.45. The third-order valence-corrected chi connectivity index (χ3v) is 6.38. The van der Waals surface area contributed by atoms with Crippen LogP contribution >= 0.6 is 0 Å². The number of likely N-dealkylation sites (tertiary alicyclic amines) is 1. The van der Waals surface area contributed by atoms with Crippen LogP contribution < -0.4 is 11.1 Å². The Morgan fingerprint density at radius 3 is 2.53 bits per heavy atom. The Morgan fingerprint density at radius 2 is 1.88 bits per heavy atom. The van der Waals surface area contributed by atoms with Crippen LogP contribution in [-0.2, 0) is 4.74 Å². The van der Waals surface area contributed by atoms with Crippen molar-refractivity contribution < 1.29 is 18.7 Å². The zero-order valence-electron chi connectivity index (χ0n) is 18.3. The molecule has 4 rings (SSSR count). The molecule has 9 heteroatoms. The van der Waals surface area contributed by atoms with Crippen molar-refractivity contribution in [2.75, 3.05) is 18.4 Å². The van der Waals surface area contributed by atoms with Gasteiger partial charge in [0, 0.05) is 25.0 Å². The first-order chi connectivity index (χ1) is 15.4. The second-order valence-electron chi connectivity index (χ2n) is 8.79. The van der Waals surface area contributed by atoms with E-state index < -0.39 is 5.91 Å². The number of aromatic nitrogens is 2. The average Bonchev–Trinajstić information content (AvgIpc) is 3.19. The van der Waals surface area contributed by atoms with Crippen LogP contribution in [0, 0.1) is 11.7 Å². The zero-order valence-corrected chi connectivity index (χ0v) is 18.3. The lowest BCUT2D eigenvalue weighted by atomic mass is 9.94. The largest absolute Gasteiger partial charge is 0.446 e. The van der Waals surface area contributed by atoms with E-state index in [9.17, 15) is 14.0 Å². The monoisotopic (exact) mass is 443 g/mol.